The van der Waals surface area contributed by atoms with E-state index in [1.807, 2.05) is 30.3 Å². The average molecular weight is 488 g/mol. The highest BCUT2D eigenvalue weighted by molar-refractivity contribution is 5.93. The van der Waals surface area contributed by atoms with Crippen LogP contribution in [0.3, 0.4) is 0 Å². The van der Waals surface area contributed by atoms with Crippen LogP contribution in [0.25, 0.3) is 0 Å². The van der Waals surface area contributed by atoms with Crippen molar-refractivity contribution in [2.24, 2.45) is 5.92 Å². The van der Waals surface area contributed by atoms with Crippen LogP contribution < -0.4 is 10.9 Å². The SMILES string of the molecule is CC(C)C[C@@H](C(=O)Nc1ccc(C(=O)OCc2ccccc2)cn1)n1cc(C(F)(F)F)ncc1=O. The van der Waals surface area contributed by atoms with Crippen molar-refractivity contribution in [2.45, 2.75) is 39.1 Å². The molecule has 0 aliphatic rings. The van der Waals surface area contributed by atoms with E-state index in [1.165, 1.54) is 18.3 Å². The quantitative estimate of drug-likeness (QED) is 0.476. The number of nitrogens with one attached hydrogen (secondary N) is 1. The summed E-state index contributed by atoms with van der Waals surface area (Å²) >= 11 is 0. The fourth-order valence-electron chi connectivity index (χ4n) is 3.21. The van der Waals surface area contributed by atoms with Crippen LogP contribution in [0, 0.1) is 5.92 Å². The van der Waals surface area contributed by atoms with Crippen molar-refractivity contribution < 1.29 is 27.5 Å². The molecular formula is C24H23F3N4O4. The van der Waals surface area contributed by atoms with E-state index in [0.717, 1.165) is 10.1 Å². The van der Waals surface area contributed by atoms with Crippen molar-refractivity contribution in [1.82, 2.24) is 14.5 Å². The third-order valence-electron chi connectivity index (χ3n) is 4.92. The van der Waals surface area contributed by atoms with Crippen molar-refractivity contribution in [3.63, 3.8) is 0 Å². The molecule has 0 spiro atoms. The summed E-state index contributed by atoms with van der Waals surface area (Å²) in [5, 5.41) is 2.49. The van der Waals surface area contributed by atoms with Gasteiger partial charge >= 0.3 is 12.1 Å². The van der Waals surface area contributed by atoms with Crippen LogP contribution in [0.5, 0.6) is 0 Å². The molecule has 0 aliphatic carbocycles. The first-order chi connectivity index (χ1) is 16.5. The van der Waals surface area contributed by atoms with Gasteiger partial charge in [0.2, 0.25) is 5.91 Å². The molecule has 2 heterocycles. The van der Waals surface area contributed by atoms with Gasteiger partial charge in [0.15, 0.2) is 5.69 Å². The standard InChI is InChI=1S/C24H23F3N4O4/c1-15(2)10-18(31-13-19(24(25,26)27)28-12-21(31)32)22(33)30-20-9-8-17(11-29-20)23(34)35-14-16-6-4-3-5-7-16/h3-9,11-13,15,18H,10,14H2,1-2H3,(H,29,30,33)/t18-/m0/s1. The van der Waals surface area contributed by atoms with E-state index >= 15 is 0 Å². The molecule has 1 atom stereocenters. The molecule has 3 rings (SSSR count). The highest BCUT2D eigenvalue weighted by Gasteiger charge is 2.34. The molecule has 2 aromatic heterocycles. The molecule has 8 nitrogen and oxygen atoms in total. The van der Waals surface area contributed by atoms with Crippen LogP contribution in [0.2, 0.25) is 0 Å². The number of rotatable bonds is 8. The molecule has 0 saturated carbocycles. The van der Waals surface area contributed by atoms with E-state index in [9.17, 15) is 27.6 Å². The zero-order chi connectivity index (χ0) is 25.6. The molecule has 1 aromatic carbocycles. The Hall–Kier alpha value is -4.02. The van der Waals surface area contributed by atoms with Crippen molar-refractivity contribution >= 4 is 17.7 Å². The second-order valence-corrected chi connectivity index (χ2v) is 8.14. The van der Waals surface area contributed by atoms with Crippen molar-refractivity contribution in [3.8, 4) is 0 Å². The van der Waals surface area contributed by atoms with Crippen molar-refractivity contribution in [2.75, 3.05) is 5.32 Å². The van der Waals surface area contributed by atoms with E-state index in [-0.39, 0.29) is 30.3 Å². The van der Waals surface area contributed by atoms with E-state index in [2.05, 4.69) is 15.3 Å². The summed E-state index contributed by atoms with van der Waals surface area (Å²) in [6.45, 7) is 3.62. The minimum atomic E-state index is -4.78. The number of carbonyl (C=O) groups excluding carboxylic acids is 2. The highest BCUT2D eigenvalue weighted by Crippen LogP contribution is 2.28. The number of nitrogens with zero attached hydrogens (tertiary/aromatic N) is 3. The number of ether oxygens (including phenoxy) is 1. The number of pyridine rings is 1. The Morgan fingerprint density at radius 3 is 2.37 bits per heavy atom. The first kappa shape index (κ1) is 25.6. The lowest BCUT2D eigenvalue weighted by Crippen LogP contribution is -2.35. The fourth-order valence-corrected chi connectivity index (χ4v) is 3.21. The number of hydrogen-bond donors (Lipinski definition) is 1. The predicted octanol–water partition coefficient (Wildman–Crippen LogP) is 4.24. The number of halogens is 3. The number of esters is 1. The second-order valence-electron chi connectivity index (χ2n) is 8.14. The van der Waals surface area contributed by atoms with E-state index in [0.29, 0.717) is 12.4 Å². The average Bonchev–Trinajstić information content (AvgIpc) is 2.81. The largest absolute Gasteiger partial charge is 0.457 e. The Morgan fingerprint density at radius 1 is 1.06 bits per heavy atom. The molecule has 184 valence electrons. The van der Waals surface area contributed by atoms with Gasteiger partial charge in [0, 0.05) is 12.4 Å². The summed E-state index contributed by atoms with van der Waals surface area (Å²) in [5.74, 6) is -1.40. The van der Waals surface area contributed by atoms with Crippen LogP contribution in [0.4, 0.5) is 19.0 Å². The number of aromatic nitrogens is 3. The van der Waals surface area contributed by atoms with Gasteiger partial charge < -0.3 is 10.1 Å². The minimum absolute atomic E-state index is 0.0570. The summed E-state index contributed by atoms with van der Waals surface area (Å²) in [4.78, 5) is 44.6. The van der Waals surface area contributed by atoms with Gasteiger partial charge in [-0.3, -0.25) is 14.2 Å². The van der Waals surface area contributed by atoms with Gasteiger partial charge in [-0.15, -0.1) is 0 Å². The Kier molecular flexibility index (Phi) is 8.00. The number of amides is 1. The Labute approximate surface area is 198 Å². The molecule has 3 aromatic rings. The maximum Gasteiger partial charge on any atom is 0.434 e. The maximum absolute atomic E-state index is 13.1. The van der Waals surface area contributed by atoms with Crippen LogP contribution in [-0.2, 0) is 22.3 Å². The Balaban J connectivity index is 1.74. The molecule has 1 N–H and O–H groups in total. The molecule has 0 aliphatic heterocycles. The first-order valence-electron chi connectivity index (χ1n) is 10.7. The molecular weight excluding hydrogens is 465 g/mol. The summed E-state index contributed by atoms with van der Waals surface area (Å²) in [5.41, 5.74) is -1.16. The molecule has 1 amide bonds. The summed E-state index contributed by atoms with van der Waals surface area (Å²) in [6.07, 6.45) is -2.40. The predicted molar refractivity (Wildman–Crippen MR) is 120 cm³/mol. The number of hydrogen-bond acceptors (Lipinski definition) is 6. The minimum Gasteiger partial charge on any atom is -0.457 e. The molecule has 0 radical (unpaired) electrons. The van der Waals surface area contributed by atoms with E-state index in [1.54, 1.807) is 13.8 Å². The topological polar surface area (TPSA) is 103 Å². The zero-order valence-corrected chi connectivity index (χ0v) is 19.0. The summed E-state index contributed by atoms with van der Waals surface area (Å²) in [6, 6.07) is 10.6. The lowest BCUT2D eigenvalue weighted by molar-refractivity contribution is -0.142. The molecule has 0 fully saturated rings. The zero-order valence-electron chi connectivity index (χ0n) is 19.0. The van der Waals surface area contributed by atoms with Crippen LogP contribution in [0.1, 0.15) is 47.9 Å². The first-order valence-corrected chi connectivity index (χ1v) is 10.7. The molecule has 0 unspecified atom stereocenters. The molecule has 11 heteroatoms. The maximum atomic E-state index is 13.1. The van der Waals surface area contributed by atoms with E-state index < -0.39 is 35.3 Å². The molecule has 35 heavy (non-hydrogen) atoms. The van der Waals surface area contributed by atoms with Gasteiger partial charge in [0.05, 0.1) is 11.8 Å². The Morgan fingerprint density at radius 2 is 1.77 bits per heavy atom. The van der Waals surface area contributed by atoms with Gasteiger partial charge in [0.25, 0.3) is 5.56 Å². The number of alkyl halides is 3. The van der Waals surface area contributed by atoms with Gasteiger partial charge in [0.1, 0.15) is 18.5 Å². The third-order valence-corrected chi connectivity index (χ3v) is 4.92. The number of anilines is 1. The molecule has 0 saturated heterocycles. The third kappa shape index (κ3) is 6.98. The summed E-state index contributed by atoms with van der Waals surface area (Å²) in [7, 11) is 0. The van der Waals surface area contributed by atoms with Crippen LogP contribution in [-0.4, -0.2) is 26.4 Å². The fraction of sp³-hybridized carbons (Fsp3) is 0.292. The van der Waals surface area contributed by atoms with E-state index in [4.69, 9.17) is 4.74 Å². The van der Waals surface area contributed by atoms with Gasteiger partial charge in [-0.1, -0.05) is 44.2 Å². The van der Waals surface area contributed by atoms with Crippen LogP contribution >= 0.6 is 0 Å². The van der Waals surface area contributed by atoms with Gasteiger partial charge in [-0.2, -0.15) is 13.2 Å². The second kappa shape index (κ2) is 10.9. The molecule has 0 bridgehead atoms. The lowest BCUT2D eigenvalue weighted by Gasteiger charge is -2.21. The van der Waals surface area contributed by atoms with Gasteiger partial charge in [-0.05, 0) is 30.0 Å². The Bertz CT molecular complexity index is 1230. The lowest BCUT2D eigenvalue weighted by atomic mass is 10.0. The normalized spacial score (nSPS) is 12.3. The monoisotopic (exact) mass is 488 g/mol. The van der Waals surface area contributed by atoms with Crippen molar-refractivity contribution in [1.29, 1.82) is 0 Å². The highest BCUT2D eigenvalue weighted by atomic mass is 19.4. The van der Waals surface area contributed by atoms with Gasteiger partial charge in [-0.25, -0.2) is 14.8 Å². The smallest absolute Gasteiger partial charge is 0.434 e. The van der Waals surface area contributed by atoms with Crippen molar-refractivity contribution in [3.05, 3.63) is 88.2 Å². The number of carbonyl (C=O) groups is 2. The van der Waals surface area contributed by atoms with Crippen LogP contribution in [0.15, 0.2) is 65.8 Å². The summed E-state index contributed by atoms with van der Waals surface area (Å²) < 4.78 is 45.3. The number of benzene rings is 1.